The van der Waals surface area contributed by atoms with Gasteiger partial charge in [-0.05, 0) is 50.6 Å². The summed E-state index contributed by atoms with van der Waals surface area (Å²) in [6.45, 7) is 5.35. The summed E-state index contributed by atoms with van der Waals surface area (Å²) in [6.07, 6.45) is -8.32. The van der Waals surface area contributed by atoms with Crippen LogP contribution in [0.5, 0.6) is 11.5 Å². The van der Waals surface area contributed by atoms with Gasteiger partial charge in [-0.1, -0.05) is 12.1 Å². The maximum Gasteiger partial charge on any atom is 0.342 e. The monoisotopic (exact) mass is 528 g/mol. The quantitative estimate of drug-likeness (QED) is 0.327. The SMILES string of the molecule is CCOC(=O)C1O[C@@H](Oc2ccc3c(C)cc(=O)oc3c2)C(O)C(O)[C@@H]1OC(=O)c1ccccc1OCC. The molecule has 4 rings (SSSR count). The molecule has 1 aliphatic rings. The molecule has 11 heteroatoms. The summed E-state index contributed by atoms with van der Waals surface area (Å²) in [4.78, 5) is 37.5. The van der Waals surface area contributed by atoms with Crippen LogP contribution in [0.3, 0.4) is 0 Å². The maximum absolute atomic E-state index is 13.0. The minimum absolute atomic E-state index is 0.0141. The second-order valence-corrected chi connectivity index (χ2v) is 8.48. The molecule has 0 aliphatic carbocycles. The number of hydrogen-bond donors (Lipinski definition) is 2. The van der Waals surface area contributed by atoms with Crippen molar-refractivity contribution in [3.63, 3.8) is 0 Å². The number of para-hydroxylation sites is 1. The first-order chi connectivity index (χ1) is 18.2. The van der Waals surface area contributed by atoms with Gasteiger partial charge in [-0.15, -0.1) is 0 Å². The minimum Gasteiger partial charge on any atom is -0.493 e. The fourth-order valence-electron chi connectivity index (χ4n) is 4.10. The van der Waals surface area contributed by atoms with Crippen LogP contribution >= 0.6 is 0 Å². The highest BCUT2D eigenvalue weighted by Crippen LogP contribution is 2.30. The highest BCUT2D eigenvalue weighted by Gasteiger charge is 2.51. The third kappa shape index (κ3) is 5.64. The number of carbonyl (C=O) groups is 2. The van der Waals surface area contributed by atoms with Crippen molar-refractivity contribution in [2.24, 2.45) is 0 Å². The number of carbonyl (C=O) groups excluding carboxylic acids is 2. The van der Waals surface area contributed by atoms with Crippen molar-refractivity contribution >= 4 is 22.9 Å². The van der Waals surface area contributed by atoms with E-state index in [2.05, 4.69) is 0 Å². The minimum atomic E-state index is -1.79. The largest absolute Gasteiger partial charge is 0.493 e. The van der Waals surface area contributed by atoms with Gasteiger partial charge in [0.15, 0.2) is 12.2 Å². The van der Waals surface area contributed by atoms with Crippen LogP contribution < -0.4 is 15.1 Å². The number of aliphatic hydroxyl groups is 2. The Bertz CT molecular complexity index is 1360. The van der Waals surface area contributed by atoms with Gasteiger partial charge >= 0.3 is 17.6 Å². The molecule has 1 aliphatic heterocycles. The van der Waals surface area contributed by atoms with E-state index in [4.69, 9.17) is 28.1 Å². The number of ether oxygens (including phenoxy) is 5. The van der Waals surface area contributed by atoms with Crippen molar-refractivity contribution < 1.29 is 47.9 Å². The molecule has 2 heterocycles. The lowest BCUT2D eigenvalue weighted by atomic mass is 9.98. The normalized spacial score (nSPS) is 23.0. The molecule has 1 fully saturated rings. The van der Waals surface area contributed by atoms with Crippen LogP contribution in [0.1, 0.15) is 29.8 Å². The second-order valence-electron chi connectivity index (χ2n) is 8.48. The van der Waals surface area contributed by atoms with Crippen molar-refractivity contribution in [2.75, 3.05) is 13.2 Å². The molecule has 5 atom stereocenters. The van der Waals surface area contributed by atoms with Gasteiger partial charge in [-0.2, -0.15) is 0 Å². The Hall–Kier alpha value is -3.93. The van der Waals surface area contributed by atoms with Gasteiger partial charge in [0.1, 0.15) is 34.9 Å². The van der Waals surface area contributed by atoms with Crippen LogP contribution in [-0.4, -0.2) is 66.1 Å². The highest BCUT2D eigenvalue weighted by atomic mass is 16.7. The summed E-state index contributed by atoms with van der Waals surface area (Å²) in [6, 6.07) is 12.3. The number of hydrogen-bond acceptors (Lipinski definition) is 11. The molecule has 0 spiro atoms. The van der Waals surface area contributed by atoms with Gasteiger partial charge in [0.25, 0.3) is 0 Å². The fourth-order valence-corrected chi connectivity index (χ4v) is 4.10. The number of esters is 2. The molecule has 38 heavy (non-hydrogen) atoms. The molecule has 3 aromatic rings. The van der Waals surface area contributed by atoms with E-state index in [0.29, 0.717) is 17.6 Å². The Balaban J connectivity index is 1.59. The first-order valence-electron chi connectivity index (χ1n) is 12.1. The standard InChI is InChI=1S/C27H28O11/c1-4-33-18-9-7-6-8-17(18)25(31)37-23-21(29)22(30)27(38-24(23)26(32)34-5-2)35-15-10-11-16-14(3)12-20(28)36-19(16)13-15/h6-13,21-24,27,29-30H,4-5H2,1-3H3/t21?,22?,23-,24?,27+/m0/s1. The van der Waals surface area contributed by atoms with E-state index >= 15 is 0 Å². The zero-order valence-corrected chi connectivity index (χ0v) is 21.0. The van der Waals surface area contributed by atoms with Crippen LogP contribution in [0.4, 0.5) is 0 Å². The second kappa shape index (κ2) is 11.6. The average Bonchev–Trinajstić information content (AvgIpc) is 2.88. The molecule has 3 unspecified atom stereocenters. The lowest BCUT2D eigenvalue weighted by molar-refractivity contribution is -0.271. The number of fused-ring (bicyclic) bond motifs is 1. The molecule has 1 saturated heterocycles. The van der Waals surface area contributed by atoms with Crippen LogP contribution in [-0.2, 0) is 19.0 Å². The fraction of sp³-hybridized carbons (Fsp3) is 0.370. The molecule has 2 aromatic carbocycles. The lowest BCUT2D eigenvalue weighted by Crippen LogP contribution is -2.62. The molecule has 0 saturated carbocycles. The molecule has 202 valence electrons. The van der Waals surface area contributed by atoms with Crippen molar-refractivity contribution in [3.05, 3.63) is 70.1 Å². The van der Waals surface area contributed by atoms with E-state index in [1.165, 1.54) is 18.2 Å². The summed E-state index contributed by atoms with van der Waals surface area (Å²) >= 11 is 0. The van der Waals surface area contributed by atoms with Crippen LogP contribution in [0.15, 0.2) is 57.7 Å². The van der Waals surface area contributed by atoms with Gasteiger partial charge in [-0.3, -0.25) is 0 Å². The van der Waals surface area contributed by atoms with E-state index < -0.39 is 48.3 Å². The van der Waals surface area contributed by atoms with Crippen LogP contribution in [0, 0.1) is 6.92 Å². The smallest absolute Gasteiger partial charge is 0.342 e. The summed E-state index contributed by atoms with van der Waals surface area (Å²) in [7, 11) is 0. The molecule has 1 aromatic heterocycles. The number of rotatable bonds is 8. The third-order valence-corrected chi connectivity index (χ3v) is 5.89. The predicted octanol–water partition coefficient (Wildman–Crippen LogP) is 2.11. The van der Waals surface area contributed by atoms with E-state index in [-0.39, 0.29) is 29.3 Å². The Morgan fingerprint density at radius 2 is 1.76 bits per heavy atom. The van der Waals surface area contributed by atoms with Crippen molar-refractivity contribution in [1.29, 1.82) is 0 Å². The summed E-state index contributed by atoms with van der Waals surface area (Å²) in [5, 5.41) is 22.4. The Morgan fingerprint density at radius 1 is 1.00 bits per heavy atom. The first kappa shape index (κ1) is 27.1. The van der Waals surface area contributed by atoms with E-state index in [1.807, 2.05) is 0 Å². The van der Waals surface area contributed by atoms with Gasteiger partial charge in [0.2, 0.25) is 6.29 Å². The van der Waals surface area contributed by atoms with Crippen LogP contribution in [0.2, 0.25) is 0 Å². The number of aryl methyl sites for hydroxylation is 1. The Morgan fingerprint density at radius 3 is 2.50 bits per heavy atom. The summed E-state index contributed by atoms with van der Waals surface area (Å²) in [5.41, 5.74) is 0.449. The van der Waals surface area contributed by atoms with Gasteiger partial charge in [0.05, 0.1) is 13.2 Å². The van der Waals surface area contributed by atoms with Crippen molar-refractivity contribution in [1.82, 2.24) is 0 Å². The van der Waals surface area contributed by atoms with E-state index in [9.17, 15) is 24.6 Å². The van der Waals surface area contributed by atoms with Gasteiger partial charge in [-0.25, -0.2) is 14.4 Å². The Labute approximate surface area is 217 Å². The molecule has 2 N–H and O–H groups in total. The maximum atomic E-state index is 13.0. The van der Waals surface area contributed by atoms with E-state index in [0.717, 1.165) is 0 Å². The number of aliphatic hydroxyl groups excluding tert-OH is 2. The van der Waals surface area contributed by atoms with E-state index in [1.54, 1.807) is 51.1 Å². The van der Waals surface area contributed by atoms with Gasteiger partial charge < -0.3 is 38.3 Å². The molecule has 0 bridgehead atoms. The van der Waals surface area contributed by atoms with Crippen molar-refractivity contribution in [2.45, 2.75) is 51.5 Å². The molecular formula is C27H28O11. The molecular weight excluding hydrogens is 500 g/mol. The summed E-state index contributed by atoms with van der Waals surface area (Å²) in [5.74, 6) is -1.45. The zero-order valence-electron chi connectivity index (χ0n) is 21.0. The molecule has 0 amide bonds. The van der Waals surface area contributed by atoms with Crippen molar-refractivity contribution in [3.8, 4) is 11.5 Å². The topological polar surface area (TPSA) is 151 Å². The van der Waals surface area contributed by atoms with Crippen LogP contribution in [0.25, 0.3) is 11.0 Å². The highest BCUT2D eigenvalue weighted by molar-refractivity contribution is 5.93. The number of benzene rings is 2. The zero-order chi connectivity index (χ0) is 27.4. The summed E-state index contributed by atoms with van der Waals surface area (Å²) < 4.78 is 32.5. The Kier molecular flexibility index (Phi) is 8.30. The molecule has 0 radical (unpaired) electrons. The lowest BCUT2D eigenvalue weighted by Gasteiger charge is -2.40. The average molecular weight is 529 g/mol. The third-order valence-electron chi connectivity index (χ3n) is 5.89. The van der Waals surface area contributed by atoms with Gasteiger partial charge in [0, 0.05) is 17.5 Å². The first-order valence-corrected chi connectivity index (χ1v) is 12.1. The predicted molar refractivity (Wildman–Crippen MR) is 132 cm³/mol. The molecule has 11 nitrogen and oxygen atoms in total.